The molecule has 3 aliphatic heterocycles. The minimum absolute atomic E-state index is 0.00383. The van der Waals surface area contributed by atoms with Crippen LogP contribution >= 0.6 is 15.9 Å². The molecule has 0 radical (unpaired) electrons. The Morgan fingerprint density at radius 2 is 1.75 bits per heavy atom. The number of methoxy groups -OCH3 is 2. The number of fused-ring (bicyclic) bond motifs is 2. The van der Waals surface area contributed by atoms with Crippen LogP contribution in [-0.4, -0.2) is 64.7 Å². The average molecular weight is 608 g/mol. The molecule has 2 atom stereocenters. The zero-order chi connectivity index (χ0) is 28.7. The maximum absolute atomic E-state index is 13.2. The van der Waals surface area contributed by atoms with Gasteiger partial charge in [-0.05, 0) is 84.6 Å². The minimum Gasteiger partial charge on any atom is -0.496 e. The number of hydrogen-bond donors (Lipinski definition) is 0. The van der Waals surface area contributed by atoms with Crippen molar-refractivity contribution >= 4 is 27.9 Å². The van der Waals surface area contributed by atoms with E-state index in [1.807, 2.05) is 68.3 Å². The Labute approximate surface area is 243 Å². The summed E-state index contributed by atoms with van der Waals surface area (Å²) in [5.74, 6) is 1.55. The normalized spacial score (nSPS) is 18.9. The highest BCUT2D eigenvalue weighted by Gasteiger charge is 2.46. The van der Waals surface area contributed by atoms with Gasteiger partial charge in [-0.1, -0.05) is 6.07 Å². The van der Waals surface area contributed by atoms with Gasteiger partial charge in [0.05, 0.1) is 25.5 Å². The van der Waals surface area contributed by atoms with Crippen LogP contribution in [-0.2, 0) is 18.4 Å². The number of aryl methyl sites for hydroxylation is 1. The molecule has 3 aliphatic rings. The third-order valence-electron chi connectivity index (χ3n) is 8.26. The second-order valence-electron chi connectivity index (χ2n) is 10.7. The zero-order valence-corrected chi connectivity index (χ0v) is 25.4. The number of ether oxygens (including phenoxy) is 2. The van der Waals surface area contributed by atoms with Crippen LogP contribution in [0.5, 0.6) is 11.5 Å². The lowest BCUT2D eigenvalue weighted by atomic mass is 9.86. The SMILES string of the molecule is COc1cc(-c2cn(C)c(=O)c(C)c2C)cc(OC)c1CN1C2CC1CN(C(=O)/C(C)=C/c1cccc(Br)n1)C2. The van der Waals surface area contributed by atoms with Gasteiger partial charge in [0.1, 0.15) is 16.1 Å². The first-order valence-electron chi connectivity index (χ1n) is 13.4. The predicted molar refractivity (Wildman–Crippen MR) is 160 cm³/mol. The van der Waals surface area contributed by atoms with Gasteiger partial charge in [-0.15, -0.1) is 0 Å². The Morgan fingerprint density at radius 1 is 1.10 bits per heavy atom. The van der Waals surface area contributed by atoms with E-state index in [0.717, 1.165) is 56.0 Å². The first kappa shape index (κ1) is 28.1. The monoisotopic (exact) mass is 606 g/mol. The Kier molecular flexibility index (Phi) is 7.88. The molecule has 0 spiro atoms. The van der Waals surface area contributed by atoms with Crippen molar-refractivity contribution in [3.8, 4) is 22.6 Å². The summed E-state index contributed by atoms with van der Waals surface area (Å²) in [6.07, 6.45) is 4.78. The largest absolute Gasteiger partial charge is 0.496 e. The summed E-state index contributed by atoms with van der Waals surface area (Å²) >= 11 is 3.39. The molecule has 2 bridgehead atoms. The Hall–Kier alpha value is -3.43. The third kappa shape index (κ3) is 5.20. The summed E-state index contributed by atoms with van der Waals surface area (Å²) in [5.41, 5.74) is 6.02. The lowest BCUT2D eigenvalue weighted by molar-refractivity contribution is -0.140. The second-order valence-corrected chi connectivity index (χ2v) is 11.5. The first-order valence-corrected chi connectivity index (χ1v) is 14.2. The van der Waals surface area contributed by atoms with E-state index in [-0.39, 0.29) is 23.6 Å². The highest BCUT2D eigenvalue weighted by molar-refractivity contribution is 9.10. The van der Waals surface area contributed by atoms with Crippen LogP contribution in [0.25, 0.3) is 17.2 Å². The highest BCUT2D eigenvalue weighted by Crippen LogP contribution is 2.41. The Balaban J connectivity index is 1.35. The standard InChI is InChI=1S/C31H35BrN4O4/c1-18(10-22-8-7-9-29(32)33-22)30(37)35-14-23-13-24(15-35)36(23)17-26-27(39-5)11-21(12-28(26)40-6)25-16-34(4)31(38)20(3)19(25)2/h7-12,16,23-24H,13-15,17H2,1-6H3/b18-10+. The van der Waals surface area contributed by atoms with E-state index in [2.05, 4.69) is 25.8 Å². The number of carbonyl (C=O) groups is 1. The summed E-state index contributed by atoms with van der Waals surface area (Å²) in [6, 6.07) is 10.3. The number of pyridine rings is 2. The molecule has 3 fully saturated rings. The van der Waals surface area contributed by atoms with Gasteiger partial charge in [-0.3, -0.25) is 14.5 Å². The molecule has 3 saturated heterocycles. The van der Waals surface area contributed by atoms with Crippen LogP contribution in [0.4, 0.5) is 0 Å². The summed E-state index contributed by atoms with van der Waals surface area (Å²) in [5, 5.41) is 0. The van der Waals surface area contributed by atoms with Crippen molar-refractivity contribution in [2.45, 2.75) is 45.8 Å². The van der Waals surface area contributed by atoms with E-state index >= 15 is 0 Å². The fourth-order valence-electron chi connectivity index (χ4n) is 5.89. The fraction of sp³-hybridized carbons (Fsp3) is 0.387. The van der Waals surface area contributed by atoms with Crippen molar-refractivity contribution in [2.75, 3.05) is 27.3 Å². The molecule has 5 heterocycles. The van der Waals surface area contributed by atoms with Gasteiger partial charge in [0.25, 0.3) is 5.56 Å². The van der Waals surface area contributed by atoms with Gasteiger partial charge in [0, 0.05) is 61.7 Å². The summed E-state index contributed by atoms with van der Waals surface area (Å²) in [6.45, 7) is 7.73. The fourth-order valence-corrected chi connectivity index (χ4v) is 6.25. The van der Waals surface area contributed by atoms with Crippen molar-refractivity contribution in [1.82, 2.24) is 19.4 Å². The highest BCUT2D eigenvalue weighted by atomic mass is 79.9. The van der Waals surface area contributed by atoms with E-state index in [0.29, 0.717) is 25.2 Å². The molecule has 0 N–H and O–H groups in total. The number of piperidine rings is 1. The van der Waals surface area contributed by atoms with Gasteiger partial charge in [0.15, 0.2) is 0 Å². The Morgan fingerprint density at radius 3 is 2.35 bits per heavy atom. The van der Waals surface area contributed by atoms with E-state index in [4.69, 9.17) is 9.47 Å². The number of carbonyl (C=O) groups excluding carboxylic acids is 1. The molecular weight excluding hydrogens is 572 g/mol. The summed E-state index contributed by atoms with van der Waals surface area (Å²) < 4.78 is 14.1. The van der Waals surface area contributed by atoms with E-state index in [1.165, 1.54) is 0 Å². The molecule has 40 heavy (non-hydrogen) atoms. The lowest BCUT2D eigenvalue weighted by Gasteiger charge is -2.56. The zero-order valence-electron chi connectivity index (χ0n) is 23.8. The molecule has 1 amide bonds. The molecule has 2 unspecified atom stereocenters. The van der Waals surface area contributed by atoms with Crippen LogP contribution in [0.2, 0.25) is 0 Å². The van der Waals surface area contributed by atoms with Gasteiger partial charge >= 0.3 is 0 Å². The third-order valence-corrected chi connectivity index (χ3v) is 8.70. The average Bonchev–Trinajstić information content (AvgIpc) is 2.95. The van der Waals surface area contributed by atoms with Gasteiger partial charge in [-0.2, -0.15) is 0 Å². The smallest absolute Gasteiger partial charge is 0.253 e. The molecule has 9 heteroatoms. The van der Waals surface area contributed by atoms with Crippen molar-refractivity contribution < 1.29 is 14.3 Å². The number of piperazine rings is 1. The van der Waals surface area contributed by atoms with E-state index in [1.54, 1.807) is 25.8 Å². The van der Waals surface area contributed by atoms with E-state index in [9.17, 15) is 9.59 Å². The number of benzene rings is 1. The predicted octanol–water partition coefficient (Wildman–Crippen LogP) is 4.73. The van der Waals surface area contributed by atoms with Crippen LogP contribution in [0.15, 0.2) is 51.5 Å². The van der Waals surface area contributed by atoms with Crippen molar-refractivity contribution in [2.24, 2.45) is 7.05 Å². The van der Waals surface area contributed by atoms with Crippen LogP contribution in [0, 0.1) is 13.8 Å². The number of hydrogen-bond acceptors (Lipinski definition) is 6. The number of rotatable bonds is 7. The maximum atomic E-state index is 13.2. The van der Waals surface area contributed by atoms with Gasteiger partial charge in [0.2, 0.25) is 5.91 Å². The molecule has 6 rings (SSSR count). The number of nitrogens with zero attached hydrogens (tertiary/aromatic N) is 4. The molecule has 1 aromatic carbocycles. The minimum atomic E-state index is 0.00383. The molecular formula is C31H35BrN4O4. The number of aromatic nitrogens is 2. The maximum Gasteiger partial charge on any atom is 0.253 e. The Bertz CT molecular complexity index is 1530. The molecule has 210 valence electrons. The van der Waals surface area contributed by atoms with Crippen LogP contribution in [0.3, 0.4) is 0 Å². The molecule has 8 nitrogen and oxygen atoms in total. The molecule has 0 saturated carbocycles. The summed E-state index contributed by atoms with van der Waals surface area (Å²) in [7, 11) is 5.12. The molecule has 3 aromatic rings. The molecule has 2 aromatic heterocycles. The topological polar surface area (TPSA) is 76.9 Å². The van der Waals surface area contributed by atoms with Crippen molar-refractivity contribution in [1.29, 1.82) is 0 Å². The van der Waals surface area contributed by atoms with Crippen molar-refractivity contribution in [3.05, 3.63) is 79.4 Å². The number of amides is 1. The number of halogens is 1. The van der Waals surface area contributed by atoms with Crippen LogP contribution < -0.4 is 15.0 Å². The first-order chi connectivity index (χ1) is 19.1. The van der Waals surface area contributed by atoms with Gasteiger partial charge < -0.3 is 18.9 Å². The van der Waals surface area contributed by atoms with Crippen molar-refractivity contribution in [3.63, 3.8) is 0 Å². The molecule has 0 aliphatic carbocycles. The van der Waals surface area contributed by atoms with E-state index < -0.39 is 0 Å². The summed E-state index contributed by atoms with van der Waals surface area (Å²) in [4.78, 5) is 34.5. The quantitative estimate of drug-likeness (QED) is 0.286. The van der Waals surface area contributed by atoms with Gasteiger partial charge in [-0.25, -0.2) is 4.98 Å². The second kappa shape index (κ2) is 11.2. The lowest BCUT2D eigenvalue weighted by Crippen LogP contribution is -2.68. The van der Waals surface area contributed by atoms with Crippen LogP contribution in [0.1, 0.15) is 35.7 Å².